The van der Waals surface area contributed by atoms with E-state index in [1.54, 1.807) is 36.4 Å². The zero-order valence-corrected chi connectivity index (χ0v) is 24.1. The summed E-state index contributed by atoms with van der Waals surface area (Å²) in [5.41, 5.74) is -0.632. The number of hydrogen-bond donors (Lipinski definition) is 0. The molecule has 200 valence electrons. The molecule has 0 radical (unpaired) electrons. The zero-order valence-electron chi connectivity index (χ0n) is 21.2. The first-order valence-corrected chi connectivity index (χ1v) is 15.5. The molecule has 0 heterocycles. The van der Waals surface area contributed by atoms with Crippen molar-refractivity contribution in [3.8, 4) is 22.3 Å². The fourth-order valence-corrected chi connectivity index (χ4v) is 7.03. The van der Waals surface area contributed by atoms with Gasteiger partial charge < -0.3 is 4.55 Å². The predicted molar refractivity (Wildman–Crippen MR) is 142 cm³/mol. The SMILES string of the molecule is CC(C)(C)c1ccc(-c2cc(S(=O)(=O)[O-])c(C(F)(F)F)c(I(=O)=O)c2-c2ccc(C(C)(C)C)cc2)cc1. The highest BCUT2D eigenvalue weighted by Crippen LogP contribution is 2.48. The van der Waals surface area contributed by atoms with E-state index in [4.69, 9.17) is 0 Å². The molecule has 3 aromatic carbocycles. The molecule has 0 spiro atoms. The van der Waals surface area contributed by atoms with E-state index in [1.807, 2.05) is 41.5 Å². The molecular weight excluding hydrogens is 620 g/mol. The Hall–Kier alpha value is -2.31. The minimum atomic E-state index is -5.68. The second-order valence-corrected chi connectivity index (χ2v) is 14.5. The van der Waals surface area contributed by atoms with Crippen LogP contribution in [-0.4, -0.2) is 13.0 Å². The molecule has 0 aromatic heterocycles. The summed E-state index contributed by atoms with van der Waals surface area (Å²) in [6, 6.07) is 13.7. The van der Waals surface area contributed by atoms with Crippen LogP contribution in [0.25, 0.3) is 22.3 Å². The maximum atomic E-state index is 14.2. The van der Waals surface area contributed by atoms with Gasteiger partial charge in [-0.15, -0.1) is 0 Å². The van der Waals surface area contributed by atoms with Crippen LogP contribution in [0.2, 0.25) is 0 Å². The van der Waals surface area contributed by atoms with Gasteiger partial charge in [-0.05, 0) is 44.7 Å². The van der Waals surface area contributed by atoms with Crippen molar-refractivity contribution in [2.45, 2.75) is 63.4 Å². The van der Waals surface area contributed by atoms with E-state index < -0.39 is 50.1 Å². The second kappa shape index (κ2) is 9.77. The van der Waals surface area contributed by atoms with E-state index in [-0.39, 0.29) is 33.1 Å². The summed E-state index contributed by atoms with van der Waals surface area (Å²) >= 11 is -5.04. The Morgan fingerprint density at radius 2 is 1.14 bits per heavy atom. The maximum absolute atomic E-state index is 14.2. The van der Waals surface area contributed by atoms with Gasteiger partial charge in [-0.1, -0.05) is 90.1 Å². The summed E-state index contributed by atoms with van der Waals surface area (Å²) in [6.45, 7) is 11.7. The predicted octanol–water partition coefficient (Wildman–Crippen LogP) is 7.91. The second-order valence-electron chi connectivity index (χ2n) is 10.8. The summed E-state index contributed by atoms with van der Waals surface area (Å²) in [5, 5.41) is 0. The molecule has 0 aliphatic carbocycles. The third kappa shape index (κ3) is 6.23. The molecule has 0 unspecified atom stereocenters. The third-order valence-electron chi connectivity index (χ3n) is 6.04. The minimum Gasteiger partial charge on any atom is -0.744 e. The van der Waals surface area contributed by atoms with Crippen molar-refractivity contribution < 1.29 is 32.3 Å². The van der Waals surface area contributed by atoms with Crippen LogP contribution in [0.5, 0.6) is 0 Å². The number of alkyl halides is 3. The van der Waals surface area contributed by atoms with Gasteiger partial charge >= 0.3 is 26.0 Å². The molecule has 3 aromatic rings. The van der Waals surface area contributed by atoms with Crippen LogP contribution in [0.4, 0.5) is 13.2 Å². The number of hydrogen-bond acceptors (Lipinski definition) is 5. The Balaban J connectivity index is 2.54. The molecule has 37 heavy (non-hydrogen) atoms. The van der Waals surface area contributed by atoms with Crippen molar-refractivity contribution in [3.63, 3.8) is 0 Å². The summed E-state index contributed by atoms with van der Waals surface area (Å²) in [4.78, 5) is -1.60. The van der Waals surface area contributed by atoms with Gasteiger partial charge in [0.1, 0.15) is 10.1 Å². The van der Waals surface area contributed by atoms with Gasteiger partial charge in [-0.3, -0.25) is 0 Å². The van der Waals surface area contributed by atoms with Crippen molar-refractivity contribution in [2.75, 3.05) is 0 Å². The molecule has 0 amide bonds. The van der Waals surface area contributed by atoms with Crippen molar-refractivity contribution >= 4 is 29.9 Å². The summed E-state index contributed by atoms with van der Waals surface area (Å²) in [6.07, 6.45) is -5.40. The van der Waals surface area contributed by atoms with Crippen molar-refractivity contribution in [2.24, 2.45) is 0 Å². The number of halogens is 4. The summed E-state index contributed by atoms with van der Waals surface area (Å²) in [7, 11) is -5.68. The van der Waals surface area contributed by atoms with Gasteiger partial charge in [0.25, 0.3) is 0 Å². The van der Waals surface area contributed by atoms with Crippen molar-refractivity contribution in [1.82, 2.24) is 0 Å². The first-order chi connectivity index (χ1) is 16.7. The Kier molecular flexibility index (Phi) is 7.73. The van der Waals surface area contributed by atoms with Gasteiger partial charge in [-0.2, -0.15) is 13.2 Å². The molecule has 0 saturated heterocycles. The Bertz CT molecular complexity index is 1500. The molecule has 5 nitrogen and oxygen atoms in total. The Morgan fingerprint density at radius 1 is 0.730 bits per heavy atom. The first-order valence-electron chi connectivity index (χ1n) is 11.2. The molecule has 0 aliphatic heterocycles. The molecule has 3 rings (SSSR count). The summed E-state index contributed by atoms with van der Waals surface area (Å²) < 4.78 is 102. The topological polar surface area (TPSA) is 91.3 Å². The third-order valence-corrected chi connectivity index (χ3v) is 8.86. The average molecular weight is 647 g/mol. The molecular formula is C27H27F3IO5S-. The van der Waals surface area contributed by atoms with E-state index in [1.165, 1.54) is 12.1 Å². The molecule has 0 atom stereocenters. The van der Waals surface area contributed by atoms with Crippen LogP contribution >= 0.6 is 19.8 Å². The van der Waals surface area contributed by atoms with Crippen molar-refractivity contribution in [3.05, 3.63) is 74.9 Å². The Labute approximate surface area is 222 Å². The fraction of sp³-hybridized carbons (Fsp3) is 0.333. The molecule has 0 aliphatic rings. The van der Waals surface area contributed by atoms with Crippen molar-refractivity contribution in [1.29, 1.82) is 0 Å². The van der Waals surface area contributed by atoms with Gasteiger partial charge in [0.05, 0.1) is 14.0 Å². The van der Waals surface area contributed by atoms with E-state index in [9.17, 15) is 32.3 Å². The van der Waals surface area contributed by atoms with Crippen LogP contribution in [0.3, 0.4) is 0 Å². The minimum absolute atomic E-state index is 0.0876. The highest BCUT2D eigenvalue weighted by Gasteiger charge is 2.42. The van der Waals surface area contributed by atoms with E-state index in [0.717, 1.165) is 11.1 Å². The first kappa shape index (κ1) is 29.2. The monoisotopic (exact) mass is 647 g/mol. The van der Waals surface area contributed by atoms with E-state index in [2.05, 4.69) is 0 Å². The molecule has 0 saturated carbocycles. The molecule has 0 fully saturated rings. The standard InChI is InChI=1S/C27H28F3IO5S/c1-25(2,3)18-11-7-16(8-12-18)20-15-21(37(34,35)36)23(27(28,29)30)24(31(32)33)22(20)17-9-13-19(14-10-17)26(4,5)6/h7-15H,1-6H3,(H,34,35,36)/p-1. The van der Waals surface area contributed by atoms with Crippen LogP contribution in [0, 0.1) is 3.57 Å². The van der Waals surface area contributed by atoms with Crippen LogP contribution in [-0.2, 0) is 33.3 Å². The summed E-state index contributed by atoms with van der Waals surface area (Å²) in [5.74, 6) is 0. The molecule has 0 N–H and O–H groups in total. The Morgan fingerprint density at radius 3 is 1.46 bits per heavy atom. The smallest absolute Gasteiger partial charge is 0.418 e. The van der Waals surface area contributed by atoms with Gasteiger partial charge in [0, 0.05) is 5.56 Å². The van der Waals surface area contributed by atoms with Crippen LogP contribution < -0.4 is 0 Å². The zero-order chi connectivity index (χ0) is 28.1. The van der Waals surface area contributed by atoms with Crippen LogP contribution in [0.1, 0.15) is 58.2 Å². The van der Waals surface area contributed by atoms with Gasteiger partial charge in [0.15, 0.2) is 0 Å². The lowest BCUT2D eigenvalue weighted by molar-refractivity contribution is -0.140. The van der Waals surface area contributed by atoms with E-state index >= 15 is 0 Å². The number of rotatable bonds is 4. The van der Waals surface area contributed by atoms with E-state index in [0.29, 0.717) is 6.07 Å². The maximum Gasteiger partial charge on any atom is 0.418 e. The lowest BCUT2D eigenvalue weighted by Crippen LogP contribution is -2.17. The highest BCUT2D eigenvalue weighted by atomic mass is 127. The molecule has 0 bridgehead atoms. The molecule has 10 heteroatoms. The largest absolute Gasteiger partial charge is 0.744 e. The fourth-order valence-electron chi connectivity index (χ4n) is 4.04. The quantitative estimate of drug-likeness (QED) is 0.212. The van der Waals surface area contributed by atoms with Crippen LogP contribution in [0.15, 0.2) is 59.5 Å². The number of benzene rings is 3. The van der Waals surface area contributed by atoms with Gasteiger partial charge in [-0.25, -0.2) is 14.6 Å². The van der Waals surface area contributed by atoms with Gasteiger partial charge in [0.2, 0.25) is 0 Å². The average Bonchev–Trinajstić information content (AvgIpc) is 2.75. The highest BCUT2D eigenvalue weighted by molar-refractivity contribution is 14.2. The lowest BCUT2D eigenvalue weighted by Gasteiger charge is -2.24. The lowest BCUT2D eigenvalue weighted by atomic mass is 9.84. The normalized spacial score (nSPS) is 13.3.